The number of likely N-dealkylation sites (tertiary alicyclic amines) is 1. The zero-order valence-corrected chi connectivity index (χ0v) is 16.8. The van der Waals surface area contributed by atoms with Crippen molar-refractivity contribution in [2.24, 2.45) is 0 Å². The molecule has 3 heterocycles. The van der Waals surface area contributed by atoms with Gasteiger partial charge < -0.3 is 14.6 Å². The molecule has 0 unspecified atom stereocenters. The van der Waals surface area contributed by atoms with E-state index in [4.69, 9.17) is 27.9 Å². The van der Waals surface area contributed by atoms with Crippen LogP contribution >= 0.6 is 23.2 Å². The van der Waals surface area contributed by atoms with Crippen LogP contribution in [0.5, 0.6) is 0 Å². The molecule has 0 saturated carbocycles. The molecule has 2 N–H and O–H groups in total. The Hall–Kier alpha value is -2.70. The van der Waals surface area contributed by atoms with Crippen LogP contribution in [0.15, 0.2) is 42.6 Å². The SMILES string of the molecule is O=C1Nc2ccc(Cl)cc2C2(CCN(C(=O)c3c[nH]c4cc(Cl)ccc34)CC2)O1. The molecule has 1 spiro atoms. The van der Waals surface area contributed by atoms with E-state index in [1.54, 1.807) is 35.4 Å². The van der Waals surface area contributed by atoms with E-state index >= 15 is 0 Å². The molecule has 1 saturated heterocycles. The predicted octanol–water partition coefficient (Wildman–Crippen LogP) is 5.17. The molecule has 2 aliphatic heterocycles. The zero-order valence-electron chi connectivity index (χ0n) is 15.3. The number of carbonyl (C=O) groups excluding carboxylic acids is 2. The minimum atomic E-state index is -0.771. The molecule has 148 valence electrons. The number of hydrogen-bond donors (Lipinski definition) is 2. The van der Waals surface area contributed by atoms with Gasteiger partial charge >= 0.3 is 6.09 Å². The highest BCUT2D eigenvalue weighted by atomic mass is 35.5. The van der Waals surface area contributed by atoms with Crippen LogP contribution in [-0.2, 0) is 10.3 Å². The Bertz CT molecular complexity index is 1150. The van der Waals surface area contributed by atoms with Gasteiger partial charge in [0.25, 0.3) is 5.91 Å². The molecule has 1 aromatic heterocycles. The van der Waals surface area contributed by atoms with E-state index < -0.39 is 11.7 Å². The van der Waals surface area contributed by atoms with Crippen molar-refractivity contribution in [1.29, 1.82) is 0 Å². The molecule has 2 amide bonds. The van der Waals surface area contributed by atoms with E-state index in [-0.39, 0.29) is 5.91 Å². The van der Waals surface area contributed by atoms with Crippen LogP contribution in [0.3, 0.4) is 0 Å². The number of nitrogens with one attached hydrogen (secondary N) is 2. The Morgan fingerprint density at radius 2 is 1.79 bits per heavy atom. The lowest BCUT2D eigenvalue weighted by molar-refractivity contribution is -0.0331. The number of aromatic amines is 1. The summed E-state index contributed by atoms with van der Waals surface area (Å²) < 4.78 is 5.73. The van der Waals surface area contributed by atoms with E-state index in [2.05, 4.69) is 10.3 Å². The van der Waals surface area contributed by atoms with E-state index in [9.17, 15) is 9.59 Å². The Labute approximate surface area is 176 Å². The van der Waals surface area contributed by atoms with Gasteiger partial charge in [0.2, 0.25) is 0 Å². The number of aromatic nitrogens is 1. The van der Waals surface area contributed by atoms with Gasteiger partial charge in [0.05, 0.1) is 11.3 Å². The Balaban J connectivity index is 1.41. The number of ether oxygens (including phenoxy) is 1. The number of H-pyrrole nitrogens is 1. The number of rotatable bonds is 1. The summed E-state index contributed by atoms with van der Waals surface area (Å²) in [6, 6.07) is 10.8. The van der Waals surface area contributed by atoms with E-state index in [1.807, 2.05) is 12.1 Å². The summed E-state index contributed by atoms with van der Waals surface area (Å²) in [4.78, 5) is 30.1. The number of benzene rings is 2. The van der Waals surface area contributed by atoms with E-state index in [0.717, 1.165) is 16.5 Å². The molecule has 2 aromatic carbocycles. The van der Waals surface area contributed by atoms with E-state index in [0.29, 0.717) is 47.2 Å². The summed E-state index contributed by atoms with van der Waals surface area (Å²) in [7, 11) is 0. The van der Waals surface area contributed by atoms with Gasteiger partial charge in [-0.25, -0.2) is 4.79 Å². The lowest BCUT2D eigenvalue weighted by Crippen LogP contribution is -2.49. The van der Waals surface area contributed by atoms with Crippen LogP contribution in [0.1, 0.15) is 28.8 Å². The van der Waals surface area contributed by atoms with Crippen LogP contribution < -0.4 is 5.32 Å². The molecule has 2 aliphatic rings. The van der Waals surface area contributed by atoms with Crippen molar-refractivity contribution in [2.45, 2.75) is 18.4 Å². The van der Waals surface area contributed by atoms with Gasteiger partial charge in [-0.2, -0.15) is 0 Å². The van der Waals surface area contributed by atoms with Gasteiger partial charge in [0, 0.05) is 58.6 Å². The maximum absolute atomic E-state index is 13.1. The highest BCUT2D eigenvalue weighted by Crippen LogP contribution is 2.44. The average Bonchev–Trinajstić information content (AvgIpc) is 3.11. The van der Waals surface area contributed by atoms with Crippen molar-refractivity contribution < 1.29 is 14.3 Å². The lowest BCUT2D eigenvalue weighted by Gasteiger charge is -2.44. The molecular weight excluding hydrogens is 413 g/mol. The normalized spacial score (nSPS) is 17.7. The first-order chi connectivity index (χ1) is 13.9. The summed E-state index contributed by atoms with van der Waals surface area (Å²) >= 11 is 12.2. The van der Waals surface area contributed by atoms with Crippen molar-refractivity contribution in [3.05, 3.63) is 63.8 Å². The van der Waals surface area contributed by atoms with Gasteiger partial charge in [-0.1, -0.05) is 29.3 Å². The van der Waals surface area contributed by atoms with Crippen LogP contribution in [-0.4, -0.2) is 35.0 Å². The second kappa shape index (κ2) is 6.68. The lowest BCUT2D eigenvalue weighted by atomic mass is 9.82. The van der Waals surface area contributed by atoms with Crippen molar-refractivity contribution in [2.75, 3.05) is 18.4 Å². The van der Waals surface area contributed by atoms with Gasteiger partial charge in [-0.15, -0.1) is 0 Å². The Kier molecular flexibility index (Phi) is 4.22. The highest BCUT2D eigenvalue weighted by molar-refractivity contribution is 6.31. The maximum Gasteiger partial charge on any atom is 0.412 e. The quantitative estimate of drug-likeness (QED) is 0.560. The summed E-state index contributed by atoms with van der Waals surface area (Å²) in [6.45, 7) is 0.941. The van der Waals surface area contributed by atoms with Crippen molar-refractivity contribution >= 4 is 51.8 Å². The standard InChI is InChI=1S/C21H17Cl2N3O3/c22-12-2-4-17-16(9-12)21(29-20(28)25-17)5-7-26(8-6-21)19(27)15-11-24-18-10-13(23)1-3-14(15)18/h1-4,9-11,24H,5-8H2,(H,25,28). The molecule has 0 radical (unpaired) electrons. The summed E-state index contributed by atoms with van der Waals surface area (Å²) in [5, 5.41) is 4.76. The first-order valence-electron chi connectivity index (χ1n) is 9.31. The molecule has 8 heteroatoms. The van der Waals surface area contributed by atoms with Crippen LogP contribution in [0.2, 0.25) is 10.0 Å². The first-order valence-corrected chi connectivity index (χ1v) is 10.1. The van der Waals surface area contributed by atoms with Gasteiger partial charge in [0.1, 0.15) is 5.60 Å². The third kappa shape index (κ3) is 3.03. The van der Waals surface area contributed by atoms with Crippen molar-refractivity contribution in [1.82, 2.24) is 9.88 Å². The Morgan fingerprint density at radius 3 is 2.59 bits per heavy atom. The summed E-state index contributed by atoms with van der Waals surface area (Å²) in [5.74, 6) is -0.0556. The van der Waals surface area contributed by atoms with Crippen molar-refractivity contribution in [3.8, 4) is 0 Å². The second-order valence-corrected chi connectivity index (χ2v) is 8.26. The number of amides is 2. The fourth-order valence-corrected chi connectivity index (χ4v) is 4.60. The number of piperidine rings is 1. The fourth-order valence-electron chi connectivity index (χ4n) is 4.26. The van der Waals surface area contributed by atoms with Crippen molar-refractivity contribution in [3.63, 3.8) is 0 Å². The molecular formula is C21H17Cl2N3O3. The minimum absolute atomic E-state index is 0.0556. The highest BCUT2D eigenvalue weighted by Gasteiger charge is 2.45. The smallest absolute Gasteiger partial charge is 0.412 e. The van der Waals surface area contributed by atoms with Gasteiger partial charge in [-0.05, 0) is 30.3 Å². The monoisotopic (exact) mass is 429 g/mol. The summed E-state index contributed by atoms with van der Waals surface area (Å²) in [6.07, 6.45) is 2.25. The number of carbonyl (C=O) groups is 2. The molecule has 5 rings (SSSR count). The second-order valence-electron chi connectivity index (χ2n) is 7.38. The zero-order chi connectivity index (χ0) is 20.2. The van der Waals surface area contributed by atoms with Gasteiger partial charge in [0.15, 0.2) is 0 Å². The molecule has 0 aliphatic carbocycles. The fraction of sp³-hybridized carbons (Fsp3) is 0.238. The Morgan fingerprint density at radius 1 is 1.07 bits per heavy atom. The summed E-state index contributed by atoms with van der Waals surface area (Å²) in [5.41, 5.74) is 2.23. The molecule has 1 fully saturated rings. The number of nitrogens with zero attached hydrogens (tertiary/aromatic N) is 1. The topological polar surface area (TPSA) is 74.4 Å². The van der Waals surface area contributed by atoms with Crippen LogP contribution in [0.4, 0.5) is 10.5 Å². The molecule has 0 bridgehead atoms. The number of anilines is 1. The third-order valence-electron chi connectivity index (χ3n) is 5.73. The third-order valence-corrected chi connectivity index (χ3v) is 6.20. The predicted molar refractivity (Wildman–Crippen MR) is 112 cm³/mol. The van der Waals surface area contributed by atoms with Gasteiger partial charge in [-0.3, -0.25) is 10.1 Å². The molecule has 3 aromatic rings. The largest absolute Gasteiger partial charge is 0.438 e. The van der Waals surface area contributed by atoms with E-state index in [1.165, 1.54) is 0 Å². The average molecular weight is 430 g/mol. The number of fused-ring (bicyclic) bond motifs is 3. The molecule has 6 nitrogen and oxygen atoms in total. The minimum Gasteiger partial charge on any atom is -0.438 e. The molecule has 29 heavy (non-hydrogen) atoms. The van der Waals surface area contributed by atoms with Crippen LogP contribution in [0.25, 0.3) is 10.9 Å². The maximum atomic E-state index is 13.1. The molecule has 0 atom stereocenters. The van der Waals surface area contributed by atoms with Crippen LogP contribution in [0, 0.1) is 0 Å². The first kappa shape index (κ1) is 18.3. The number of halogens is 2. The number of hydrogen-bond acceptors (Lipinski definition) is 3.